The number of fused-ring (bicyclic) bond motifs is 5. The highest BCUT2D eigenvalue weighted by molar-refractivity contribution is 6.07. The van der Waals surface area contributed by atoms with Crippen molar-refractivity contribution < 1.29 is 28.2 Å². The van der Waals surface area contributed by atoms with Gasteiger partial charge in [0, 0.05) is 11.3 Å². The van der Waals surface area contributed by atoms with E-state index in [1.807, 2.05) is 12.2 Å². The van der Waals surface area contributed by atoms with Crippen LogP contribution in [0.1, 0.15) is 12.0 Å². The lowest BCUT2D eigenvalue weighted by Gasteiger charge is -2.14. The Hall–Kier alpha value is -4.01. The molecule has 1 heterocycles. The molecule has 2 aromatic carbocycles. The number of nitrogens with zero attached hydrogens (tertiary/aromatic N) is 2. The van der Waals surface area contributed by atoms with E-state index in [-0.39, 0.29) is 47.8 Å². The third-order valence-corrected chi connectivity index (χ3v) is 6.44. The molecule has 8 nitrogen and oxygen atoms in total. The number of hydrogen-bond donors (Lipinski definition) is 1. The zero-order valence-electron chi connectivity index (χ0n) is 18.3. The average Bonchev–Trinajstić information content (AvgIpc) is 3.50. The van der Waals surface area contributed by atoms with Crippen LogP contribution in [0.2, 0.25) is 0 Å². The lowest BCUT2D eigenvalue weighted by atomic mass is 9.85. The number of halogens is 1. The molecule has 3 amide bonds. The van der Waals surface area contributed by atoms with Gasteiger partial charge < -0.3 is 14.8 Å². The number of hydrogen-bond acceptors (Lipinski definition) is 6. The van der Waals surface area contributed by atoms with Gasteiger partial charge >= 0.3 is 0 Å². The van der Waals surface area contributed by atoms with Crippen molar-refractivity contribution in [3.05, 3.63) is 66.0 Å². The lowest BCUT2D eigenvalue weighted by molar-refractivity contribution is -0.140. The predicted octanol–water partition coefficient (Wildman–Crippen LogP) is 2.99. The molecule has 9 heteroatoms. The molecule has 0 radical (unpaired) electrons. The van der Waals surface area contributed by atoms with E-state index in [1.165, 1.54) is 31.5 Å². The number of hydrazone groups is 1. The predicted molar refractivity (Wildman–Crippen MR) is 121 cm³/mol. The molecular formula is C25H22FN3O5. The first-order chi connectivity index (χ1) is 16.5. The van der Waals surface area contributed by atoms with Crippen LogP contribution in [0.3, 0.4) is 0 Å². The van der Waals surface area contributed by atoms with Crippen LogP contribution in [0.25, 0.3) is 0 Å². The fourth-order valence-electron chi connectivity index (χ4n) is 4.97. The molecule has 1 saturated heterocycles. The highest BCUT2D eigenvalue weighted by Crippen LogP contribution is 2.52. The number of benzene rings is 2. The van der Waals surface area contributed by atoms with Crippen LogP contribution in [-0.4, -0.2) is 42.7 Å². The van der Waals surface area contributed by atoms with E-state index in [2.05, 4.69) is 10.4 Å². The van der Waals surface area contributed by atoms with Crippen molar-refractivity contribution in [1.82, 2.24) is 5.01 Å². The molecule has 3 aliphatic rings. The largest absolute Gasteiger partial charge is 0.493 e. The lowest BCUT2D eigenvalue weighted by Crippen LogP contribution is -2.28. The fraction of sp³-hybridized carbons (Fsp3) is 0.280. The van der Waals surface area contributed by atoms with E-state index >= 15 is 0 Å². The Morgan fingerprint density at radius 3 is 2.53 bits per heavy atom. The van der Waals surface area contributed by atoms with Crippen molar-refractivity contribution in [3.63, 3.8) is 0 Å². The first-order valence-electron chi connectivity index (χ1n) is 10.9. The summed E-state index contributed by atoms with van der Waals surface area (Å²) >= 11 is 0. The Morgan fingerprint density at radius 2 is 1.85 bits per heavy atom. The van der Waals surface area contributed by atoms with Crippen molar-refractivity contribution >= 4 is 29.6 Å². The zero-order chi connectivity index (χ0) is 23.8. The second-order valence-corrected chi connectivity index (χ2v) is 8.46. The maximum Gasteiger partial charge on any atom is 0.262 e. The van der Waals surface area contributed by atoms with Gasteiger partial charge in [0.15, 0.2) is 18.1 Å². The molecule has 5 rings (SSSR count). The Balaban J connectivity index is 1.31. The molecule has 2 aromatic rings. The Kier molecular flexibility index (Phi) is 5.61. The third kappa shape index (κ3) is 3.83. The molecule has 0 aromatic heterocycles. The average molecular weight is 463 g/mol. The molecule has 174 valence electrons. The van der Waals surface area contributed by atoms with Crippen LogP contribution in [0, 0.1) is 29.5 Å². The number of rotatable bonds is 7. The Bertz CT molecular complexity index is 1200. The van der Waals surface area contributed by atoms with Gasteiger partial charge in [-0.25, -0.2) is 4.39 Å². The second-order valence-electron chi connectivity index (χ2n) is 8.46. The van der Waals surface area contributed by atoms with Crippen molar-refractivity contribution in [2.24, 2.45) is 28.8 Å². The zero-order valence-corrected chi connectivity index (χ0v) is 18.3. The molecule has 1 aliphatic heterocycles. The van der Waals surface area contributed by atoms with E-state index in [9.17, 15) is 18.8 Å². The van der Waals surface area contributed by atoms with Gasteiger partial charge in [0.25, 0.3) is 17.7 Å². The monoisotopic (exact) mass is 463 g/mol. The van der Waals surface area contributed by atoms with Gasteiger partial charge in [-0.1, -0.05) is 24.3 Å². The van der Waals surface area contributed by atoms with Gasteiger partial charge in [-0.05, 0) is 48.6 Å². The number of carbonyl (C=O) groups excluding carboxylic acids is 3. The van der Waals surface area contributed by atoms with Crippen molar-refractivity contribution in [2.75, 3.05) is 19.0 Å². The Labute approximate surface area is 195 Å². The molecule has 0 unspecified atom stereocenters. The van der Waals surface area contributed by atoms with E-state index in [0.717, 1.165) is 11.4 Å². The van der Waals surface area contributed by atoms with E-state index in [0.29, 0.717) is 17.0 Å². The number of para-hydroxylation sites is 1. The number of allylic oxidation sites excluding steroid dienone is 2. The first-order valence-corrected chi connectivity index (χ1v) is 10.9. The van der Waals surface area contributed by atoms with E-state index < -0.39 is 11.7 Å². The van der Waals surface area contributed by atoms with Crippen LogP contribution in [0.15, 0.2) is 59.7 Å². The highest BCUT2D eigenvalue weighted by atomic mass is 19.1. The number of amides is 3. The summed E-state index contributed by atoms with van der Waals surface area (Å²) in [6.45, 7) is -0.377. The molecule has 0 spiro atoms. The maximum absolute atomic E-state index is 13.3. The molecule has 2 fully saturated rings. The van der Waals surface area contributed by atoms with Crippen LogP contribution < -0.4 is 14.8 Å². The molecule has 1 saturated carbocycles. The minimum absolute atomic E-state index is 0.0963. The summed E-state index contributed by atoms with van der Waals surface area (Å²) in [5, 5.41) is 7.68. The van der Waals surface area contributed by atoms with Crippen LogP contribution in [0.5, 0.6) is 11.5 Å². The van der Waals surface area contributed by atoms with Gasteiger partial charge in [0.05, 0.1) is 25.2 Å². The number of ether oxygens (including phenoxy) is 2. The summed E-state index contributed by atoms with van der Waals surface area (Å²) in [5.74, 6) is -1.46. The van der Waals surface area contributed by atoms with E-state index in [1.54, 1.807) is 24.3 Å². The summed E-state index contributed by atoms with van der Waals surface area (Å²) in [6, 6.07) is 10.5. The van der Waals surface area contributed by atoms with Crippen molar-refractivity contribution in [2.45, 2.75) is 6.42 Å². The summed E-state index contributed by atoms with van der Waals surface area (Å²) in [7, 11) is 1.45. The van der Waals surface area contributed by atoms with Gasteiger partial charge in [-0.2, -0.15) is 10.1 Å². The fourth-order valence-corrected chi connectivity index (χ4v) is 4.97. The standard InChI is InChI=1S/C25H22FN3O5/c1-33-19-7-2-4-16(23(19)34-13-20(30)28-18-6-3-5-17(26)11-18)12-27-29-24(31)21-14-8-9-15(10-14)22(21)25(29)32/h2-9,11-12,14-15,21-22H,10,13H2,1H3,(H,28,30)/t14-,15-,21-,22+/m0/s1. The molecule has 1 N–H and O–H groups in total. The quantitative estimate of drug-likeness (QED) is 0.387. The maximum atomic E-state index is 13.3. The summed E-state index contributed by atoms with van der Waals surface area (Å²) in [5.41, 5.74) is 0.729. The smallest absolute Gasteiger partial charge is 0.262 e. The number of anilines is 1. The third-order valence-electron chi connectivity index (χ3n) is 6.44. The molecule has 2 bridgehead atoms. The van der Waals surface area contributed by atoms with Crippen molar-refractivity contribution in [3.8, 4) is 11.5 Å². The summed E-state index contributed by atoms with van der Waals surface area (Å²) in [4.78, 5) is 38.0. The van der Waals surface area contributed by atoms with Crippen LogP contribution >= 0.6 is 0 Å². The topological polar surface area (TPSA) is 97.3 Å². The van der Waals surface area contributed by atoms with Crippen molar-refractivity contribution in [1.29, 1.82) is 0 Å². The molecule has 2 aliphatic carbocycles. The highest BCUT2D eigenvalue weighted by Gasteiger charge is 2.59. The van der Waals surface area contributed by atoms with Gasteiger partial charge in [0.1, 0.15) is 5.82 Å². The van der Waals surface area contributed by atoms with Gasteiger partial charge in [0.2, 0.25) is 0 Å². The molecule has 34 heavy (non-hydrogen) atoms. The number of nitrogens with one attached hydrogen (secondary N) is 1. The molecule has 4 atom stereocenters. The second kappa shape index (κ2) is 8.74. The van der Waals surface area contributed by atoms with Crippen LogP contribution in [0.4, 0.5) is 10.1 Å². The minimum Gasteiger partial charge on any atom is -0.493 e. The molecular weight excluding hydrogens is 441 g/mol. The number of carbonyl (C=O) groups is 3. The number of methoxy groups -OCH3 is 1. The minimum atomic E-state index is -0.500. The summed E-state index contributed by atoms with van der Waals surface area (Å²) < 4.78 is 24.4. The number of imide groups is 1. The normalized spacial score (nSPS) is 24.7. The van der Waals surface area contributed by atoms with Crippen LogP contribution in [-0.2, 0) is 14.4 Å². The summed E-state index contributed by atoms with van der Waals surface area (Å²) in [6.07, 6.45) is 6.24. The Morgan fingerprint density at radius 1 is 1.15 bits per heavy atom. The van der Waals surface area contributed by atoms with Gasteiger partial charge in [-0.3, -0.25) is 14.4 Å². The SMILES string of the molecule is COc1cccc(C=NN2C(=O)[C@@H]3[C@H](C2=O)[C@H]2C=C[C@H]3C2)c1OCC(=O)Nc1cccc(F)c1. The first kappa shape index (κ1) is 21.8. The van der Waals surface area contributed by atoms with E-state index in [4.69, 9.17) is 9.47 Å². The van der Waals surface area contributed by atoms with Gasteiger partial charge in [-0.15, -0.1) is 0 Å².